The smallest absolute Gasteiger partial charge is 0.341 e. The van der Waals surface area contributed by atoms with Crippen molar-refractivity contribution in [2.24, 2.45) is 11.5 Å². The van der Waals surface area contributed by atoms with E-state index in [0.717, 1.165) is 65.0 Å². The number of aromatic carboxylic acids is 2. The Morgan fingerprint density at radius 2 is 0.545 bits per heavy atom. The maximum Gasteiger partial charge on any atom is 0.341 e. The zero-order chi connectivity index (χ0) is 87.9. The van der Waals surface area contributed by atoms with Gasteiger partial charge in [0.25, 0.3) is 11.8 Å². The summed E-state index contributed by atoms with van der Waals surface area (Å²) in [6.07, 6.45) is 7.18. The number of nitrogens with two attached hydrogens (primary N) is 2. The molecule has 0 radical (unpaired) electrons. The third kappa shape index (κ3) is 26.0. The van der Waals surface area contributed by atoms with Crippen LogP contribution in [0.4, 0.5) is 45.5 Å². The van der Waals surface area contributed by atoms with Gasteiger partial charge in [-0.25, -0.2) is 28.8 Å². The fourth-order valence-corrected chi connectivity index (χ4v) is 13.9. The van der Waals surface area contributed by atoms with Gasteiger partial charge in [-0.2, -0.15) is 0 Å². The van der Waals surface area contributed by atoms with Gasteiger partial charge in [0.2, 0.25) is 0 Å². The Morgan fingerprint density at radius 1 is 0.314 bits per heavy atom. The van der Waals surface area contributed by atoms with Crippen LogP contribution in [-0.4, -0.2) is 130 Å². The number of benzene rings is 8. The molecule has 32 heteroatoms. The van der Waals surface area contributed by atoms with Crippen molar-refractivity contribution in [2.45, 2.75) is 105 Å². The molecule has 0 unspecified atom stereocenters. The fraction of sp³-hybridized carbons (Fsp3) is 0.236. The van der Waals surface area contributed by atoms with Crippen molar-refractivity contribution in [2.75, 3.05) is 55.1 Å². The van der Waals surface area contributed by atoms with Crippen molar-refractivity contribution in [1.29, 1.82) is 0 Å². The van der Waals surface area contributed by atoms with Crippen LogP contribution in [0.2, 0.25) is 0 Å². The topological polar surface area (TPSA) is 367 Å². The Hall–Kier alpha value is -13.6. The van der Waals surface area contributed by atoms with E-state index in [9.17, 15) is 43.5 Å². The predicted molar refractivity (Wildman–Crippen MR) is 467 cm³/mol. The second kappa shape index (κ2) is 41.7. The van der Waals surface area contributed by atoms with Gasteiger partial charge in [-0.1, -0.05) is 0 Å². The third-order valence-corrected chi connectivity index (χ3v) is 20.3. The second-order valence-electron chi connectivity index (χ2n) is 29.3. The fourth-order valence-electron chi connectivity index (χ4n) is 11.6. The Bertz CT molecular complexity index is 5330. The zero-order valence-electron chi connectivity index (χ0n) is 68.9. The first kappa shape index (κ1) is 91.3. The van der Waals surface area contributed by atoms with E-state index < -0.39 is 46.5 Å². The van der Waals surface area contributed by atoms with Crippen molar-refractivity contribution in [3.05, 3.63) is 281 Å². The number of carboxylic acids is 2. The van der Waals surface area contributed by atoms with Crippen LogP contribution < -0.4 is 50.0 Å². The van der Waals surface area contributed by atoms with Gasteiger partial charge in [-0.3, -0.25) is 29.5 Å². The third-order valence-electron chi connectivity index (χ3n) is 17.2. The average molecular weight is 1720 g/mol. The summed E-state index contributed by atoms with van der Waals surface area (Å²) >= 11 is 6.12. The molecule has 0 spiro atoms. The summed E-state index contributed by atoms with van der Waals surface area (Å²) in [6.45, 7) is 18.6. The van der Waals surface area contributed by atoms with Crippen LogP contribution in [0.15, 0.2) is 217 Å². The number of anilines is 8. The molecule has 0 fully saturated rings. The molecular weight excluding hydrogens is 1630 g/mol. The largest absolute Gasteiger partial charge is 0.496 e. The highest BCUT2D eigenvalue weighted by Gasteiger charge is 2.26. The number of nitrogens with zero attached hydrogens (tertiary/aromatic N) is 8. The van der Waals surface area contributed by atoms with Gasteiger partial charge in [0.15, 0.2) is 0 Å². The number of methoxy groups -OCH3 is 5. The number of amides is 2. The number of esters is 4. The number of hydrogen-bond acceptors (Lipinski definition) is 28. The zero-order valence-corrected chi connectivity index (χ0v) is 72.2. The SMILES string of the molecule is COC(=O)c1ccc(N(Cc2cncs2)c2ccc(C(=O)OC(C)(C)C)cc2)cc1OC.COc1cc(N(Cc2cncs2)c2ccc(C(=O)O)cc2)ccc1C(N)=O.COc1cc(N(Cc2cncs2)c2ccc(C(=O)OC(C)(C)C)cc2)ccc1C(=O)O.COc1cc(N(Cc2cncs2)c2ccc(C(=O)OC(C)(C)C)cc2)ccc1C(N)=O. The van der Waals surface area contributed by atoms with Crippen LogP contribution >= 0.6 is 45.3 Å². The van der Waals surface area contributed by atoms with Gasteiger partial charge in [-0.05, 0) is 208 Å². The van der Waals surface area contributed by atoms with Gasteiger partial charge < -0.3 is 79.2 Å². The summed E-state index contributed by atoms with van der Waals surface area (Å²) in [5.74, 6) is -3.33. The van der Waals surface area contributed by atoms with E-state index in [1.165, 1.54) is 64.3 Å². The monoisotopic (exact) mass is 1720 g/mol. The number of primary amides is 2. The molecule has 630 valence electrons. The number of carbonyl (C=O) groups excluding carboxylic acids is 6. The second-order valence-corrected chi connectivity index (χ2v) is 33.2. The lowest BCUT2D eigenvalue weighted by Gasteiger charge is -2.26. The van der Waals surface area contributed by atoms with Gasteiger partial charge >= 0.3 is 35.8 Å². The van der Waals surface area contributed by atoms with E-state index in [2.05, 4.69) is 24.8 Å². The molecule has 0 atom stereocenters. The Morgan fingerprint density at radius 3 is 0.760 bits per heavy atom. The van der Waals surface area contributed by atoms with Crippen LogP contribution in [0.3, 0.4) is 0 Å². The lowest BCUT2D eigenvalue weighted by atomic mass is 10.1. The highest BCUT2D eigenvalue weighted by molar-refractivity contribution is 7.10. The van der Waals surface area contributed by atoms with Crippen molar-refractivity contribution < 1.29 is 86.5 Å². The minimum Gasteiger partial charge on any atom is -0.496 e. The highest BCUT2D eigenvalue weighted by atomic mass is 32.1. The van der Waals surface area contributed by atoms with Gasteiger partial charge in [0.1, 0.15) is 50.9 Å². The van der Waals surface area contributed by atoms with E-state index in [0.29, 0.717) is 76.8 Å². The average Bonchev–Trinajstić information content (AvgIpc) is 1.68. The van der Waals surface area contributed by atoms with E-state index in [4.69, 9.17) is 54.5 Å². The number of carbonyl (C=O) groups is 8. The molecule has 0 aliphatic heterocycles. The molecule has 4 heterocycles. The Labute approximate surface area is 716 Å². The molecule has 0 aliphatic rings. The van der Waals surface area contributed by atoms with E-state index in [1.54, 1.807) is 172 Å². The predicted octanol–water partition coefficient (Wildman–Crippen LogP) is 18.2. The summed E-state index contributed by atoms with van der Waals surface area (Å²) < 4.78 is 42.5. The first-order chi connectivity index (χ1) is 57.6. The van der Waals surface area contributed by atoms with Crippen LogP contribution in [0.25, 0.3) is 0 Å². The maximum atomic E-state index is 12.4. The Balaban J connectivity index is 0.000000184. The minimum atomic E-state index is -1.06. The van der Waals surface area contributed by atoms with Crippen LogP contribution in [0, 0.1) is 0 Å². The number of carboxylic acid groups (broad SMARTS) is 2. The molecule has 121 heavy (non-hydrogen) atoms. The molecule has 0 aliphatic carbocycles. The van der Waals surface area contributed by atoms with Gasteiger partial charge in [0.05, 0.1) is 117 Å². The van der Waals surface area contributed by atoms with Crippen LogP contribution in [-0.2, 0) is 45.1 Å². The van der Waals surface area contributed by atoms with Crippen LogP contribution in [0.1, 0.15) is 165 Å². The molecular formula is C89H92N10O18S4. The molecule has 0 bridgehead atoms. The number of ether oxygens (including phenoxy) is 8. The molecule has 6 N–H and O–H groups in total. The molecule has 12 aromatic rings. The number of rotatable bonds is 28. The first-order valence-corrected chi connectivity index (χ1v) is 40.6. The van der Waals surface area contributed by atoms with Crippen molar-refractivity contribution >= 4 is 138 Å². The van der Waals surface area contributed by atoms with E-state index in [-0.39, 0.29) is 34.8 Å². The van der Waals surface area contributed by atoms with E-state index in [1.807, 2.05) is 138 Å². The van der Waals surface area contributed by atoms with Gasteiger partial charge in [-0.15, -0.1) is 45.3 Å². The number of aromatic nitrogens is 4. The quantitative estimate of drug-likeness (QED) is 0.0261. The first-order valence-electron chi connectivity index (χ1n) is 37.1. The molecule has 12 rings (SSSR count). The van der Waals surface area contributed by atoms with Crippen molar-refractivity contribution in [3.63, 3.8) is 0 Å². The van der Waals surface area contributed by atoms with E-state index >= 15 is 0 Å². The normalized spacial score (nSPS) is 10.9. The maximum absolute atomic E-state index is 12.4. The number of hydrogen-bond donors (Lipinski definition) is 4. The summed E-state index contributed by atoms with van der Waals surface area (Å²) in [6, 6.07) is 48.6. The standard InChI is InChI=1S/C24H26N2O5S.C23H25N3O4S.C23H24N2O5S.C19H17N3O4S/c1-24(2,3)31-22(27)16-6-8-17(9-7-16)26(14-19-13-25-15-32-19)18-10-11-20(23(28)30-5)21(12-18)29-4;1-23(2,3)30-22(28)15-5-7-16(8-6-15)26(13-18-12-25-14-31-18)17-9-10-19(21(24)27)20(11-17)29-4;1-23(2,3)30-22(28)15-5-7-16(8-6-15)25(13-18-12-24-14-31-18)17-9-10-19(21(26)27)20(11-17)29-4;1-26-17-8-14(6-7-16(17)18(20)23)22(10-15-9-21-11-27-15)13-4-2-12(3-5-13)19(24)25/h6-13,15H,14H2,1-5H3;5-12,14H,13H2,1-4H3,(H2,24,27);5-12,14H,13H2,1-4H3,(H,26,27);2-9,11H,10H2,1H3,(H2,20,23)(H,24,25). The molecule has 2 amide bonds. The minimum absolute atomic E-state index is 0.0873. The van der Waals surface area contributed by atoms with Crippen molar-refractivity contribution in [3.8, 4) is 23.0 Å². The summed E-state index contributed by atoms with van der Waals surface area (Å²) in [7, 11) is 7.25. The lowest BCUT2D eigenvalue weighted by Crippen LogP contribution is -2.24. The molecule has 8 aromatic carbocycles. The highest BCUT2D eigenvalue weighted by Crippen LogP contribution is 2.39. The van der Waals surface area contributed by atoms with Crippen molar-refractivity contribution in [1.82, 2.24) is 19.9 Å². The number of thiazole rings is 4. The lowest BCUT2D eigenvalue weighted by molar-refractivity contribution is 0.00570. The summed E-state index contributed by atoms with van der Waals surface area (Å²) in [4.78, 5) is 124. The van der Waals surface area contributed by atoms with Crippen LogP contribution in [0.5, 0.6) is 23.0 Å². The summed E-state index contributed by atoms with van der Waals surface area (Å²) in [5, 5.41) is 18.5. The van der Waals surface area contributed by atoms with Gasteiger partial charge in [0, 0.05) is 114 Å². The molecule has 0 saturated heterocycles. The summed E-state index contributed by atoms with van der Waals surface area (Å²) in [5.41, 5.74) is 25.3. The molecule has 28 nitrogen and oxygen atoms in total. The Kier molecular flexibility index (Phi) is 31.5. The molecule has 0 saturated carbocycles. The molecule has 4 aromatic heterocycles.